The van der Waals surface area contributed by atoms with Gasteiger partial charge < -0.3 is 45.1 Å². The first-order valence-electron chi connectivity index (χ1n) is 16.7. The van der Waals surface area contributed by atoms with E-state index in [2.05, 4.69) is 10.3 Å². The second-order valence-electron chi connectivity index (χ2n) is 11.9. The van der Waals surface area contributed by atoms with E-state index < -0.39 is 23.9 Å². The molecule has 0 radical (unpaired) electrons. The second kappa shape index (κ2) is 24.2. The van der Waals surface area contributed by atoms with Crippen LogP contribution in [0.1, 0.15) is 46.7 Å². The summed E-state index contributed by atoms with van der Waals surface area (Å²) in [4.78, 5) is 57.3. The molecule has 2 aromatic carbocycles. The predicted octanol–water partition coefficient (Wildman–Crippen LogP) is -0.0636. The van der Waals surface area contributed by atoms with E-state index in [1.165, 1.54) is 36.4 Å². The van der Waals surface area contributed by atoms with Gasteiger partial charge in [0.15, 0.2) is 0 Å². The van der Waals surface area contributed by atoms with Crippen molar-refractivity contribution in [2.75, 3.05) is 45.8 Å². The molecule has 3 aromatic rings. The van der Waals surface area contributed by atoms with Gasteiger partial charge in [0.05, 0.1) is 25.0 Å². The van der Waals surface area contributed by atoms with Crippen molar-refractivity contribution < 1.29 is 63.0 Å². The molecule has 1 saturated heterocycles. The van der Waals surface area contributed by atoms with Crippen molar-refractivity contribution in [1.82, 2.24) is 10.3 Å². The Labute approximate surface area is 320 Å². The molecule has 0 unspecified atom stereocenters. The van der Waals surface area contributed by atoms with Gasteiger partial charge in [0.2, 0.25) is 0 Å². The maximum atomic E-state index is 13.5. The number of carboxylic acids is 4. The molecule has 13 nitrogen and oxygen atoms in total. The SMILES string of the molecule is O=C(NCCC[NH+]1CC[NH+](CCCC(c2ccc(F)cc2)c2ccc(F)cc2)CC1)c1cc(Cl)nc(Cl)c1.O=C([O-])/C=C\C(=O)O.O=C([O-])/C=C\C(=O)O. The Morgan fingerprint density at radius 2 is 1.13 bits per heavy atom. The van der Waals surface area contributed by atoms with Gasteiger partial charge in [0, 0.05) is 36.6 Å². The van der Waals surface area contributed by atoms with Crippen LogP contribution >= 0.6 is 23.2 Å². The number of nitrogens with zero attached hydrogens (tertiary/aromatic N) is 1. The van der Waals surface area contributed by atoms with Crippen molar-refractivity contribution in [1.29, 1.82) is 0 Å². The van der Waals surface area contributed by atoms with Crippen LogP contribution in [0.25, 0.3) is 0 Å². The Kier molecular flexibility index (Phi) is 20.1. The number of quaternary nitrogens is 2. The van der Waals surface area contributed by atoms with Crippen molar-refractivity contribution in [3.63, 3.8) is 0 Å². The molecular weight excluding hydrogens is 753 g/mol. The molecule has 0 saturated carbocycles. The lowest BCUT2D eigenvalue weighted by Gasteiger charge is -2.30. The smallest absolute Gasteiger partial charge is 0.328 e. The topological polar surface area (TPSA) is 206 Å². The number of benzene rings is 2. The molecule has 1 aliphatic rings. The highest BCUT2D eigenvalue weighted by atomic mass is 35.5. The van der Waals surface area contributed by atoms with Crippen LogP contribution in [0.3, 0.4) is 0 Å². The molecule has 1 fully saturated rings. The van der Waals surface area contributed by atoms with Gasteiger partial charge in [-0.3, -0.25) is 4.79 Å². The summed E-state index contributed by atoms with van der Waals surface area (Å²) in [5.41, 5.74) is 2.54. The molecule has 4 rings (SSSR count). The van der Waals surface area contributed by atoms with Crippen LogP contribution in [0.4, 0.5) is 8.78 Å². The number of hydrogen-bond donors (Lipinski definition) is 5. The largest absolute Gasteiger partial charge is 0.545 e. The summed E-state index contributed by atoms with van der Waals surface area (Å²) in [6, 6.07) is 16.3. The van der Waals surface area contributed by atoms with E-state index in [4.69, 9.17) is 33.4 Å². The lowest BCUT2D eigenvalue weighted by molar-refractivity contribution is -1.01. The standard InChI is InChI=1S/C29H32Cl2F2N4O.2C4H4O4/c30-27-19-23(20-28(31)35-27)29(38)34-12-2-14-37-17-15-36(16-18-37)13-1-3-26(21-4-8-24(32)9-5-21)22-6-10-25(33)11-7-22;2*5-3(6)1-2-4(7)8/h4-11,19-20,26H,1-3,12-18H2,(H,34,38);2*1-2H,(H,5,6)(H,7,8)/b;2*2-1-. The number of piperazine rings is 1. The molecular formula is C37H40Cl2F2N4O9. The van der Waals surface area contributed by atoms with Crippen LogP contribution in [-0.4, -0.2) is 90.8 Å². The number of carbonyl (C=O) groups is 5. The fraction of sp³-hybridized carbons (Fsp3) is 0.297. The summed E-state index contributed by atoms with van der Waals surface area (Å²) in [5.74, 6) is -6.18. The van der Waals surface area contributed by atoms with Crippen molar-refractivity contribution in [2.24, 2.45) is 0 Å². The normalized spacial score (nSPS) is 15.1. The molecule has 1 amide bonds. The minimum Gasteiger partial charge on any atom is -0.545 e. The number of hydrogen-bond acceptors (Lipinski definition) is 8. The summed E-state index contributed by atoms with van der Waals surface area (Å²) in [7, 11) is 0. The third-order valence-corrected chi connectivity index (χ3v) is 8.36. The zero-order valence-electron chi connectivity index (χ0n) is 28.9. The van der Waals surface area contributed by atoms with Crippen molar-refractivity contribution in [3.8, 4) is 0 Å². The van der Waals surface area contributed by atoms with Crippen LogP contribution < -0.4 is 25.3 Å². The Bertz CT molecular complexity index is 1620. The monoisotopic (exact) mass is 792 g/mol. The minimum absolute atomic E-state index is 0.122. The first-order chi connectivity index (χ1) is 25.6. The average molecular weight is 794 g/mol. The summed E-state index contributed by atoms with van der Waals surface area (Å²) < 4.78 is 27.0. The summed E-state index contributed by atoms with van der Waals surface area (Å²) in [6.07, 6.45) is 4.76. The van der Waals surface area contributed by atoms with Crippen LogP contribution in [0.2, 0.25) is 10.3 Å². The highest BCUT2D eigenvalue weighted by molar-refractivity contribution is 6.33. The highest BCUT2D eigenvalue weighted by Crippen LogP contribution is 2.29. The molecule has 2 heterocycles. The summed E-state index contributed by atoms with van der Waals surface area (Å²) in [5, 5.41) is 37.8. The zero-order chi connectivity index (χ0) is 40.0. The molecule has 17 heteroatoms. The van der Waals surface area contributed by atoms with Crippen molar-refractivity contribution in [2.45, 2.75) is 25.2 Å². The number of halogens is 4. The number of amides is 1. The summed E-state index contributed by atoms with van der Waals surface area (Å²) in [6.45, 7) is 7.16. The minimum atomic E-state index is -1.51. The maximum Gasteiger partial charge on any atom is 0.328 e. The number of carbonyl (C=O) groups excluding carboxylic acids is 3. The van der Waals surface area contributed by atoms with Gasteiger partial charge in [-0.05, 0) is 72.5 Å². The highest BCUT2D eigenvalue weighted by Gasteiger charge is 2.23. The molecule has 0 bridgehead atoms. The second-order valence-corrected chi connectivity index (χ2v) is 12.7. The van der Waals surface area contributed by atoms with E-state index in [-0.39, 0.29) is 33.8 Å². The first-order valence-corrected chi connectivity index (χ1v) is 17.4. The van der Waals surface area contributed by atoms with Crippen LogP contribution in [-0.2, 0) is 19.2 Å². The number of aliphatic carboxylic acids is 4. The molecule has 1 aliphatic heterocycles. The first kappa shape index (κ1) is 44.9. The van der Waals surface area contributed by atoms with Gasteiger partial charge in [-0.15, -0.1) is 0 Å². The van der Waals surface area contributed by atoms with Gasteiger partial charge in [-0.25, -0.2) is 23.4 Å². The number of aromatic nitrogens is 1. The van der Waals surface area contributed by atoms with Crippen molar-refractivity contribution >= 4 is 53.0 Å². The van der Waals surface area contributed by atoms with E-state index in [1.54, 1.807) is 9.80 Å². The average Bonchev–Trinajstić information content (AvgIpc) is 3.12. The number of pyridine rings is 1. The quantitative estimate of drug-likeness (QED) is 0.0788. The lowest BCUT2D eigenvalue weighted by Crippen LogP contribution is -3.28. The van der Waals surface area contributed by atoms with Crippen molar-refractivity contribution in [3.05, 3.63) is 124 Å². The van der Waals surface area contributed by atoms with E-state index in [0.717, 1.165) is 69.7 Å². The maximum absolute atomic E-state index is 13.5. The Morgan fingerprint density at radius 3 is 1.50 bits per heavy atom. The number of carboxylic acid groups (broad SMARTS) is 4. The van der Waals surface area contributed by atoms with E-state index in [0.29, 0.717) is 36.4 Å². The molecule has 0 aliphatic carbocycles. The predicted molar refractivity (Wildman–Crippen MR) is 190 cm³/mol. The van der Waals surface area contributed by atoms with Crippen LogP contribution in [0.15, 0.2) is 85.0 Å². The molecule has 1 aromatic heterocycles. The summed E-state index contributed by atoms with van der Waals surface area (Å²) >= 11 is 11.8. The van der Waals surface area contributed by atoms with Gasteiger partial charge >= 0.3 is 11.9 Å². The van der Waals surface area contributed by atoms with Gasteiger partial charge in [0.1, 0.15) is 48.1 Å². The molecule has 0 spiro atoms. The Morgan fingerprint density at radius 1 is 0.722 bits per heavy atom. The third-order valence-electron chi connectivity index (χ3n) is 7.97. The molecule has 54 heavy (non-hydrogen) atoms. The number of nitrogens with one attached hydrogen (secondary N) is 3. The van der Waals surface area contributed by atoms with Crippen LogP contribution in [0, 0.1) is 11.6 Å². The van der Waals surface area contributed by atoms with E-state index in [9.17, 15) is 43.0 Å². The lowest BCUT2D eigenvalue weighted by atomic mass is 9.87. The van der Waals surface area contributed by atoms with E-state index in [1.807, 2.05) is 24.3 Å². The third kappa shape index (κ3) is 19.0. The molecule has 290 valence electrons. The molecule has 0 atom stereocenters. The fourth-order valence-corrected chi connectivity index (χ4v) is 5.91. The molecule has 5 N–H and O–H groups in total. The van der Waals surface area contributed by atoms with E-state index >= 15 is 0 Å². The van der Waals surface area contributed by atoms with Crippen LogP contribution in [0.5, 0.6) is 0 Å². The Balaban J connectivity index is 0.000000526. The zero-order valence-corrected chi connectivity index (χ0v) is 30.5. The Hall–Kier alpha value is -5.22. The fourth-order valence-electron chi connectivity index (χ4n) is 5.45. The van der Waals surface area contributed by atoms with Gasteiger partial charge in [-0.1, -0.05) is 47.5 Å². The van der Waals surface area contributed by atoms with Gasteiger partial charge in [0.25, 0.3) is 5.91 Å². The number of rotatable bonds is 15. The van der Waals surface area contributed by atoms with Gasteiger partial charge in [-0.2, -0.15) is 0 Å².